The number of aromatic nitrogens is 3. The first-order valence-electron chi connectivity index (χ1n) is 6.55. The van der Waals surface area contributed by atoms with Crippen LogP contribution >= 0.6 is 0 Å². The zero-order chi connectivity index (χ0) is 14.4. The van der Waals surface area contributed by atoms with Gasteiger partial charge in [-0.15, -0.1) is 0 Å². The summed E-state index contributed by atoms with van der Waals surface area (Å²) in [7, 11) is 0. The van der Waals surface area contributed by atoms with E-state index in [1.807, 2.05) is 0 Å². The van der Waals surface area contributed by atoms with E-state index in [0.717, 1.165) is 26.1 Å². The van der Waals surface area contributed by atoms with Crippen molar-refractivity contribution < 1.29 is 4.92 Å². The van der Waals surface area contributed by atoms with Gasteiger partial charge >= 0.3 is 0 Å². The summed E-state index contributed by atoms with van der Waals surface area (Å²) in [6.07, 6.45) is 2.73. The molecule has 0 spiro atoms. The van der Waals surface area contributed by atoms with Gasteiger partial charge in [0.1, 0.15) is 6.33 Å². The quantitative estimate of drug-likeness (QED) is 0.473. The van der Waals surface area contributed by atoms with E-state index in [1.165, 1.54) is 12.1 Å². The Bertz CT molecular complexity index is 582. The van der Waals surface area contributed by atoms with E-state index in [-0.39, 0.29) is 5.69 Å². The van der Waals surface area contributed by atoms with Crippen LogP contribution in [0.5, 0.6) is 0 Å². The smallest absolute Gasteiger partial charge is 0.270 e. The van der Waals surface area contributed by atoms with Gasteiger partial charge in [-0.2, -0.15) is 5.10 Å². The average Bonchev–Trinajstić information content (AvgIpc) is 2.92. The minimum Gasteiger partial charge on any atom is -0.315 e. The Balaban J connectivity index is 2.04. The van der Waals surface area contributed by atoms with Crippen molar-refractivity contribution in [1.29, 1.82) is 0 Å². The first-order chi connectivity index (χ1) is 9.70. The zero-order valence-corrected chi connectivity index (χ0v) is 11.3. The third kappa shape index (κ3) is 3.61. The second-order valence-electron chi connectivity index (χ2n) is 4.39. The van der Waals surface area contributed by atoms with Crippen molar-refractivity contribution in [2.75, 3.05) is 13.1 Å². The van der Waals surface area contributed by atoms with Gasteiger partial charge in [0.05, 0.1) is 11.5 Å². The molecule has 0 saturated carbocycles. The van der Waals surface area contributed by atoms with Crippen LogP contribution in [-0.4, -0.2) is 32.8 Å². The minimum atomic E-state index is -0.421. The number of benzene rings is 1. The largest absolute Gasteiger partial charge is 0.315 e. The summed E-state index contributed by atoms with van der Waals surface area (Å²) >= 11 is 0. The van der Waals surface area contributed by atoms with Gasteiger partial charge in [0.15, 0.2) is 5.82 Å². The molecule has 2 aromatic rings. The standard InChI is InChI=1S/C13H17N5O2/c1-2-6-14-7-8-17-10-15-13(16-17)11-4-3-5-12(9-11)18(19)20/h3-5,9-10,14H,2,6-8H2,1H3. The van der Waals surface area contributed by atoms with E-state index in [1.54, 1.807) is 23.1 Å². The van der Waals surface area contributed by atoms with Crippen molar-refractivity contribution in [1.82, 2.24) is 20.1 Å². The van der Waals surface area contributed by atoms with Crippen LogP contribution in [-0.2, 0) is 6.54 Å². The lowest BCUT2D eigenvalue weighted by Crippen LogP contribution is -2.20. The third-order valence-electron chi connectivity index (χ3n) is 2.80. The highest BCUT2D eigenvalue weighted by atomic mass is 16.6. The number of nitrogens with one attached hydrogen (secondary N) is 1. The van der Waals surface area contributed by atoms with Crippen LogP contribution < -0.4 is 5.32 Å². The number of nitro benzene ring substituents is 1. The Morgan fingerprint density at radius 2 is 2.25 bits per heavy atom. The number of hydrogen-bond donors (Lipinski definition) is 1. The first-order valence-corrected chi connectivity index (χ1v) is 6.55. The van der Waals surface area contributed by atoms with Crippen LogP contribution in [0.25, 0.3) is 11.4 Å². The fourth-order valence-corrected chi connectivity index (χ4v) is 1.79. The molecule has 0 aliphatic rings. The lowest BCUT2D eigenvalue weighted by molar-refractivity contribution is -0.384. The van der Waals surface area contributed by atoms with Gasteiger partial charge in [-0.1, -0.05) is 19.1 Å². The predicted octanol–water partition coefficient (Wildman–Crippen LogP) is 1.85. The van der Waals surface area contributed by atoms with Crippen LogP contribution in [0.15, 0.2) is 30.6 Å². The van der Waals surface area contributed by atoms with E-state index < -0.39 is 4.92 Å². The van der Waals surface area contributed by atoms with Gasteiger partial charge in [0, 0.05) is 24.2 Å². The molecule has 0 amide bonds. The molecule has 0 unspecified atom stereocenters. The Morgan fingerprint density at radius 3 is 3.00 bits per heavy atom. The molecular formula is C13H17N5O2. The fraction of sp³-hybridized carbons (Fsp3) is 0.385. The van der Waals surface area contributed by atoms with Gasteiger partial charge in [-0.25, -0.2) is 4.98 Å². The van der Waals surface area contributed by atoms with Crippen LogP contribution in [0, 0.1) is 10.1 Å². The van der Waals surface area contributed by atoms with Crippen LogP contribution in [0.3, 0.4) is 0 Å². The van der Waals surface area contributed by atoms with Gasteiger partial charge in [-0.3, -0.25) is 14.8 Å². The number of hydrogen-bond acceptors (Lipinski definition) is 5. The van der Waals surface area contributed by atoms with Crippen LogP contribution in [0.1, 0.15) is 13.3 Å². The Morgan fingerprint density at radius 1 is 1.40 bits per heavy atom. The van der Waals surface area contributed by atoms with E-state index in [9.17, 15) is 10.1 Å². The van der Waals surface area contributed by atoms with Gasteiger partial charge < -0.3 is 5.32 Å². The highest BCUT2D eigenvalue weighted by Crippen LogP contribution is 2.20. The number of rotatable bonds is 7. The predicted molar refractivity (Wildman–Crippen MR) is 75.3 cm³/mol. The highest BCUT2D eigenvalue weighted by molar-refractivity contribution is 5.58. The van der Waals surface area contributed by atoms with Crippen molar-refractivity contribution in [2.24, 2.45) is 0 Å². The molecular weight excluding hydrogens is 258 g/mol. The molecule has 1 N–H and O–H groups in total. The molecule has 106 valence electrons. The summed E-state index contributed by atoms with van der Waals surface area (Å²) < 4.78 is 1.73. The maximum absolute atomic E-state index is 10.7. The molecule has 0 fully saturated rings. The summed E-state index contributed by atoms with van der Waals surface area (Å²) in [5.41, 5.74) is 0.697. The Labute approximate surface area is 116 Å². The van der Waals surface area contributed by atoms with Gasteiger partial charge in [0.25, 0.3) is 5.69 Å². The monoisotopic (exact) mass is 275 g/mol. The van der Waals surface area contributed by atoms with E-state index in [2.05, 4.69) is 22.3 Å². The van der Waals surface area contributed by atoms with E-state index in [0.29, 0.717) is 11.4 Å². The lowest BCUT2D eigenvalue weighted by atomic mass is 10.2. The van der Waals surface area contributed by atoms with E-state index in [4.69, 9.17) is 0 Å². The molecule has 0 bridgehead atoms. The van der Waals surface area contributed by atoms with Crippen molar-refractivity contribution in [2.45, 2.75) is 19.9 Å². The summed E-state index contributed by atoms with van der Waals surface area (Å²) in [6.45, 7) is 4.64. The molecule has 1 heterocycles. The molecule has 2 rings (SSSR count). The topological polar surface area (TPSA) is 85.9 Å². The summed E-state index contributed by atoms with van der Waals surface area (Å²) in [5, 5.41) is 18.3. The van der Waals surface area contributed by atoms with Crippen molar-refractivity contribution in [3.05, 3.63) is 40.7 Å². The molecule has 0 saturated heterocycles. The van der Waals surface area contributed by atoms with Gasteiger partial charge in [0.2, 0.25) is 0 Å². The maximum Gasteiger partial charge on any atom is 0.270 e. The molecule has 0 aliphatic heterocycles. The molecule has 7 heteroatoms. The zero-order valence-electron chi connectivity index (χ0n) is 11.3. The molecule has 0 aliphatic carbocycles. The molecule has 1 aromatic carbocycles. The normalized spacial score (nSPS) is 10.7. The number of nitro groups is 1. The Hall–Kier alpha value is -2.28. The maximum atomic E-state index is 10.7. The van der Waals surface area contributed by atoms with Crippen molar-refractivity contribution >= 4 is 5.69 Å². The summed E-state index contributed by atoms with van der Waals surface area (Å²) in [6, 6.07) is 6.34. The van der Waals surface area contributed by atoms with E-state index >= 15 is 0 Å². The molecule has 0 atom stereocenters. The number of nitrogens with zero attached hydrogens (tertiary/aromatic N) is 4. The lowest BCUT2D eigenvalue weighted by Gasteiger charge is -2.02. The molecule has 7 nitrogen and oxygen atoms in total. The molecule has 20 heavy (non-hydrogen) atoms. The third-order valence-corrected chi connectivity index (χ3v) is 2.80. The minimum absolute atomic E-state index is 0.0449. The number of non-ortho nitro benzene ring substituents is 1. The SMILES string of the molecule is CCCNCCn1cnc(-c2cccc([N+](=O)[O-])c2)n1. The second kappa shape index (κ2) is 6.76. The fourth-order valence-electron chi connectivity index (χ4n) is 1.79. The van der Waals surface area contributed by atoms with Crippen molar-refractivity contribution in [3.63, 3.8) is 0 Å². The highest BCUT2D eigenvalue weighted by Gasteiger charge is 2.10. The van der Waals surface area contributed by atoms with Crippen LogP contribution in [0.4, 0.5) is 5.69 Å². The second-order valence-corrected chi connectivity index (χ2v) is 4.39. The summed E-state index contributed by atoms with van der Waals surface area (Å²) in [5.74, 6) is 0.504. The van der Waals surface area contributed by atoms with Gasteiger partial charge in [-0.05, 0) is 13.0 Å². The average molecular weight is 275 g/mol. The van der Waals surface area contributed by atoms with Crippen LogP contribution in [0.2, 0.25) is 0 Å². The molecule has 0 radical (unpaired) electrons. The molecule has 1 aromatic heterocycles. The summed E-state index contributed by atoms with van der Waals surface area (Å²) in [4.78, 5) is 14.5. The first kappa shape index (κ1) is 14.1. The van der Waals surface area contributed by atoms with Crippen molar-refractivity contribution in [3.8, 4) is 11.4 Å². The Kier molecular flexibility index (Phi) is 4.78.